The molecular formula is C19H16N2O2S. The van der Waals surface area contributed by atoms with Gasteiger partial charge in [-0.3, -0.25) is 4.79 Å². The Hall–Kier alpha value is -2.79. The number of thioether (sulfide) groups is 1. The van der Waals surface area contributed by atoms with Crippen LogP contribution in [0.25, 0.3) is 6.08 Å². The Bertz CT molecular complexity index is 855. The average molecular weight is 336 g/mol. The molecular weight excluding hydrogens is 320 g/mol. The van der Waals surface area contributed by atoms with Crippen LogP contribution >= 0.6 is 11.8 Å². The summed E-state index contributed by atoms with van der Waals surface area (Å²) < 4.78 is 0. The van der Waals surface area contributed by atoms with Gasteiger partial charge in [-0.1, -0.05) is 48.5 Å². The smallest absolute Gasteiger partial charge is 0.264 e. The number of amides is 1. The molecule has 0 unspecified atom stereocenters. The number of hydrogen-bond donors (Lipinski definition) is 2. The molecule has 120 valence electrons. The second kappa shape index (κ2) is 7.19. The van der Waals surface area contributed by atoms with Gasteiger partial charge in [-0.25, -0.2) is 4.99 Å². The molecule has 1 aliphatic heterocycles. The number of phenols is 1. The second-order valence-corrected chi connectivity index (χ2v) is 6.30. The maximum atomic E-state index is 12.1. The van der Waals surface area contributed by atoms with E-state index in [0.29, 0.717) is 15.8 Å². The Morgan fingerprint density at radius 2 is 1.83 bits per heavy atom. The fourth-order valence-electron chi connectivity index (χ4n) is 2.21. The minimum Gasteiger partial charge on any atom is -0.506 e. The molecule has 0 radical (unpaired) electrons. The number of allylic oxidation sites excluding steroid dienone is 2. The molecule has 0 aromatic heterocycles. The third-order valence-corrected chi connectivity index (χ3v) is 4.22. The van der Waals surface area contributed by atoms with Gasteiger partial charge in [0.2, 0.25) is 0 Å². The maximum absolute atomic E-state index is 12.1. The number of benzene rings is 2. The molecule has 0 atom stereocenters. The summed E-state index contributed by atoms with van der Waals surface area (Å²) in [5.41, 5.74) is 2.49. The number of para-hydroxylation sites is 2. The number of aromatic hydroxyl groups is 1. The second-order valence-electron chi connectivity index (χ2n) is 5.27. The highest BCUT2D eigenvalue weighted by atomic mass is 32.2. The lowest BCUT2D eigenvalue weighted by molar-refractivity contribution is -0.115. The minimum absolute atomic E-state index is 0.0810. The van der Waals surface area contributed by atoms with E-state index in [1.807, 2.05) is 49.4 Å². The van der Waals surface area contributed by atoms with Gasteiger partial charge in [0.15, 0.2) is 5.17 Å². The number of carbonyl (C=O) groups excluding carboxylic acids is 1. The molecule has 1 aliphatic rings. The van der Waals surface area contributed by atoms with Crippen LogP contribution in [0.3, 0.4) is 0 Å². The summed E-state index contributed by atoms with van der Waals surface area (Å²) in [4.78, 5) is 16.9. The third-order valence-electron chi connectivity index (χ3n) is 3.31. The van der Waals surface area contributed by atoms with E-state index in [-0.39, 0.29) is 11.7 Å². The molecule has 0 spiro atoms. The molecule has 0 aliphatic carbocycles. The number of hydrogen-bond acceptors (Lipinski definition) is 4. The fraction of sp³-hybridized carbons (Fsp3) is 0.0526. The van der Waals surface area contributed by atoms with Gasteiger partial charge in [-0.2, -0.15) is 0 Å². The zero-order chi connectivity index (χ0) is 16.9. The molecule has 0 saturated carbocycles. The molecule has 1 heterocycles. The molecule has 2 N–H and O–H groups in total. The SMILES string of the molecule is CC(=C\c1ccccc1)/C=C1/SC(=Nc2ccccc2O)NC1=O. The van der Waals surface area contributed by atoms with E-state index in [0.717, 1.165) is 11.1 Å². The van der Waals surface area contributed by atoms with Crippen molar-refractivity contribution in [2.45, 2.75) is 6.92 Å². The van der Waals surface area contributed by atoms with Gasteiger partial charge < -0.3 is 10.4 Å². The number of nitrogens with zero attached hydrogens (tertiary/aromatic N) is 1. The van der Waals surface area contributed by atoms with Gasteiger partial charge in [0.25, 0.3) is 5.91 Å². The van der Waals surface area contributed by atoms with Crippen molar-refractivity contribution in [1.29, 1.82) is 0 Å². The molecule has 5 heteroatoms. The molecule has 1 fully saturated rings. The van der Waals surface area contributed by atoms with Crippen molar-refractivity contribution in [2.24, 2.45) is 4.99 Å². The van der Waals surface area contributed by atoms with Crippen LogP contribution in [0.5, 0.6) is 5.75 Å². The van der Waals surface area contributed by atoms with Crippen molar-refractivity contribution >= 4 is 34.6 Å². The summed E-state index contributed by atoms with van der Waals surface area (Å²) in [6, 6.07) is 16.7. The molecule has 2 aromatic rings. The quantitative estimate of drug-likeness (QED) is 0.825. The first kappa shape index (κ1) is 16.1. The normalized spacial score (nSPS) is 18.2. The highest BCUT2D eigenvalue weighted by Gasteiger charge is 2.23. The standard InChI is InChI=1S/C19H16N2O2S/c1-13(11-14-7-3-2-4-8-14)12-17-18(23)21-19(24-17)20-15-9-5-6-10-16(15)22/h2-12,22H,1H3,(H,20,21,23)/b13-11+,17-12+. The third kappa shape index (κ3) is 3.94. The van der Waals surface area contributed by atoms with Crippen LogP contribution in [0.4, 0.5) is 5.69 Å². The number of carbonyl (C=O) groups is 1. The molecule has 24 heavy (non-hydrogen) atoms. The van der Waals surface area contributed by atoms with Gasteiger partial charge in [0, 0.05) is 0 Å². The zero-order valence-corrected chi connectivity index (χ0v) is 13.9. The summed E-state index contributed by atoms with van der Waals surface area (Å²) in [7, 11) is 0. The molecule has 1 saturated heterocycles. The van der Waals surface area contributed by atoms with Crippen molar-refractivity contribution in [3.8, 4) is 5.75 Å². The molecule has 2 aromatic carbocycles. The van der Waals surface area contributed by atoms with Crippen LogP contribution in [-0.2, 0) is 4.79 Å². The summed E-state index contributed by atoms with van der Waals surface area (Å²) in [5, 5.41) is 12.9. The Kier molecular flexibility index (Phi) is 4.82. The van der Waals surface area contributed by atoms with E-state index in [9.17, 15) is 9.90 Å². The van der Waals surface area contributed by atoms with Crippen molar-refractivity contribution < 1.29 is 9.90 Å². The van der Waals surface area contributed by atoms with E-state index in [1.165, 1.54) is 11.8 Å². The number of phenolic OH excluding ortho intramolecular Hbond substituents is 1. The first-order chi connectivity index (χ1) is 11.6. The van der Waals surface area contributed by atoms with Crippen molar-refractivity contribution in [1.82, 2.24) is 5.32 Å². The molecule has 3 rings (SSSR count). The number of nitrogens with one attached hydrogen (secondary N) is 1. The highest BCUT2D eigenvalue weighted by molar-refractivity contribution is 8.18. The van der Waals surface area contributed by atoms with Crippen LogP contribution in [0.2, 0.25) is 0 Å². The van der Waals surface area contributed by atoms with Gasteiger partial charge in [0.1, 0.15) is 11.4 Å². The Balaban J connectivity index is 1.80. The Morgan fingerprint density at radius 1 is 1.12 bits per heavy atom. The van der Waals surface area contributed by atoms with E-state index < -0.39 is 0 Å². The summed E-state index contributed by atoms with van der Waals surface area (Å²) in [6.45, 7) is 1.95. The van der Waals surface area contributed by atoms with Gasteiger partial charge >= 0.3 is 0 Å². The average Bonchev–Trinajstić information content (AvgIpc) is 2.90. The summed E-state index contributed by atoms with van der Waals surface area (Å²) in [5.74, 6) is -0.104. The lowest BCUT2D eigenvalue weighted by Crippen LogP contribution is -2.19. The number of amidine groups is 1. The molecule has 0 bridgehead atoms. The lowest BCUT2D eigenvalue weighted by Gasteiger charge is -1.98. The first-order valence-electron chi connectivity index (χ1n) is 7.43. The molecule has 1 amide bonds. The van der Waals surface area contributed by atoms with E-state index in [2.05, 4.69) is 10.3 Å². The predicted molar refractivity (Wildman–Crippen MR) is 99.1 cm³/mol. The summed E-state index contributed by atoms with van der Waals surface area (Å²) >= 11 is 1.26. The van der Waals surface area contributed by atoms with Crippen LogP contribution < -0.4 is 5.32 Å². The lowest BCUT2D eigenvalue weighted by atomic mass is 10.1. The largest absolute Gasteiger partial charge is 0.506 e. The Labute approximate surface area is 144 Å². The molecule has 4 nitrogen and oxygen atoms in total. The van der Waals surface area contributed by atoms with Crippen molar-refractivity contribution in [3.05, 3.63) is 76.7 Å². The highest BCUT2D eigenvalue weighted by Crippen LogP contribution is 2.31. The van der Waals surface area contributed by atoms with Crippen LogP contribution in [0.15, 0.2) is 76.1 Å². The van der Waals surface area contributed by atoms with E-state index in [1.54, 1.807) is 24.3 Å². The topological polar surface area (TPSA) is 61.7 Å². The van der Waals surface area contributed by atoms with Crippen LogP contribution in [0.1, 0.15) is 12.5 Å². The monoisotopic (exact) mass is 336 g/mol. The van der Waals surface area contributed by atoms with Crippen LogP contribution in [0, 0.1) is 0 Å². The van der Waals surface area contributed by atoms with E-state index in [4.69, 9.17) is 0 Å². The van der Waals surface area contributed by atoms with Crippen LogP contribution in [-0.4, -0.2) is 16.2 Å². The first-order valence-corrected chi connectivity index (χ1v) is 8.24. The summed E-state index contributed by atoms with van der Waals surface area (Å²) in [6.07, 6.45) is 3.85. The minimum atomic E-state index is -0.185. The van der Waals surface area contributed by atoms with Gasteiger partial charge in [0.05, 0.1) is 4.91 Å². The van der Waals surface area contributed by atoms with Crippen molar-refractivity contribution in [2.75, 3.05) is 0 Å². The maximum Gasteiger partial charge on any atom is 0.264 e. The zero-order valence-electron chi connectivity index (χ0n) is 13.1. The van der Waals surface area contributed by atoms with E-state index >= 15 is 0 Å². The van der Waals surface area contributed by atoms with Crippen molar-refractivity contribution in [3.63, 3.8) is 0 Å². The number of rotatable bonds is 3. The predicted octanol–water partition coefficient (Wildman–Crippen LogP) is 4.23. The Morgan fingerprint density at radius 3 is 2.58 bits per heavy atom. The van der Waals surface area contributed by atoms with Gasteiger partial charge in [-0.15, -0.1) is 0 Å². The number of aliphatic imine (C=N–C) groups is 1. The fourth-order valence-corrected chi connectivity index (χ4v) is 3.09. The van der Waals surface area contributed by atoms with Gasteiger partial charge in [-0.05, 0) is 48.0 Å².